The predicted octanol–water partition coefficient (Wildman–Crippen LogP) is 3.90. The lowest BCUT2D eigenvalue weighted by Gasteiger charge is -2.05. The number of methoxy groups -OCH3 is 1. The van der Waals surface area contributed by atoms with Crippen LogP contribution in [0.5, 0.6) is 5.75 Å². The van der Waals surface area contributed by atoms with Crippen LogP contribution < -0.4 is 4.74 Å². The Morgan fingerprint density at radius 2 is 2.13 bits per heavy atom. The number of aliphatic hydroxyl groups excluding tert-OH is 1. The zero-order valence-corrected chi connectivity index (χ0v) is 16.0. The average Bonchev–Trinajstić information content (AvgIpc) is 3.36. The molecule has 0 aliphatic rings. The normalized spacial score (nSPS) is 11.9. The van der Waals surface area contributed by atoms with Gasteiger partial charge < -0.3 is 24.0 Å². The van der Waals surface area contributed by atoms with Gasteiger partial charge in [-0.3, -0.25) is 4.79 Å². The number of allylic oxidation sites excluding steroid dienone is 1. The van der Waals surface area contributed by atoms with Gasteiger partial charge in [-0.25, -0.2) is 4.98 Å². The SMILES string of the molecule is COc1ccc2c(CC(=O)OC/C(O)=C(\C#N)c3nc4ccccc4[nH]3)coc2c1. The van der Waals surface area contributed by atoms with Crippen LogP contribution in [0.2, 0.25) is 0 Å². The number of aliphatic hydroxyl groups is 1. The van der Waals surface area contributed by atoms with Crippen LogP contribution in [0, 0.1) is 11.3 Å². The first-order chi connectivity index (χ1) is 14.6. The van der Waals surface area contributed by atoms with Gasteiger partial charge in [0, 0.05) is 17.0 Å². The summed E-state index contributed by atoms with van der Waals surface area (Å²) in [6.45, 7) is -0.442. The summed E-state index contributed by atoms with van der Waals surface area (Å²) >= 11 is 0. The lowest BCUT2D eigenvalue weighted by molar-refractivity contribution is -0.142. The van der Waals surface area contributed by atoms with Gasteiger partial charge in [-0.05, 0) is 24.3 Å². The number of esters is 1. The first kappa shape index (κ1) is 19.1. The maximum atomic E-state index is 12.2. The first-order valence-electron chi connectivity index (χ1n) is 9.06. The van der Waals surface area contributed by atoms with Crippen molar-refractivity contribution in [1.29, 1.82) is 5.26 Å². The van der Waals surface area contributed by atoms with Gasteiger partial charge in [0.15, 0.2) is 11.6 Å². The number of rotatable bonds is 6. The van der Waals surface area contributed by atoms with Crippen molar-refractivity contribution in [2.75, 3.05) is 13.7 Å². The summed E-state index contributed by atoms with van der Waals surface area (Å²) in [4.78, 5) is 19.5. The van der Waals surface area contributed by atoms with Crippen molar-refractivity contribution in [1.82, 2.24) is 9.97 Å². The molecule has 2 aromatic heterocycles. The van der Waals surface area contributed by atoms with E-state index in [1.54, 1.807) is 31.4 Å². The number of furan rings is 1. The van der Waals surface area contributed by atoms with Gasteiger partial charge in [0.05, 0.1) is 30.8 Å². The van der Waals surface area contributed by atoms with E-state index in [0.717, 1.165) is 10.9 Å². The highest BCUT2D eigenvalue weighted by molar-refractivity contribution is 5.87. The number of nitrogens with zero attached hydrogens (tertiary/aromatic N) is 2. The number of aromatic nitrogens is 2. The van der Waals surface area contributed by atoms with Crippen molar-refractivity contribution < 1.29 is 23.8 Å². The number of imidazole rings is 1. The number of hydrogen-bond acceptors (Lipinski definition) is 7. The molecule has 0 radical (unpaired) electrons. The van der Waals surface area contributed by atoms with Crippen LogP contribution in [0.3, 0.4) is 0 Å². The molecule has 0 saturated heterocycles. The van der Waals surface area contributed by atoms with E-state index in [2.05, 4.69) is 9.97 Å². The van der Waals surface area contributed by atoms with Crippen LogP contribution >= 0.6 is 0 Å². The smallest absolute Gasteiger partial charge is 0.310 e. The molecule has 0 fully saturated rings. The Kier molecular flexibility index (Phi) is 5.09. The van der Waals surface area contributed by atoms with Crippen LogP contribution in [-0.2, 0) is 16.0 Å². The molecule has 2 aromatic carbocycles. The molecule has 8 nitrogen and oxygen atoms in total. The van der Waals surface area contributed by atoms with E-state index in [-0.39, 0.29) is 23.6 Å². The number of nitrogens with one attached hydrogen (secondary N) is 1. The monoisotopic (exact) mass is 403 g/mol. The van der Waals surface area contributed by atoms with Gasteiger partial charge >= 0.3 is 5.97 Å². The fourth-order valence-corrected chi connectivity index (χ4v) is 3.08. The molecule has 0 amide bonds. The maximum Gasteiger partial charge on any atom is 0.310 e. The topological polar surface area (TPSA) is 121 Å². The number of benzene rings is 2. The Morgan fingerprint density at radius 1 is 1.30 bits per heavy atom. The summed E-state index contributed by atoms with van der Waals surface area (Å²) in [5, 5.41) is 20.5. The van der Waals surface area contributed by atoms with Crippen molar-refractivity contribution in [3.05, 3.63) is 65.9 Å². The van der Waals surface area contributed by atoms with Crippen LogP contribution in [0.1, 0.15) is 11.4 Å². The predicted molar refractivity (Wildman–Crippen MR) is 109 cm³/mol. The van der Waals surface area contributed by atoms with Crippen LogP contribution in [-0.4, -0.2) is 34.8 Å². The highest BCUT2D eigenvalue weighted by atomic mass is 16.5. The number of fused-ring (bicyclic) bond motifs is 2. The lowest BCUT2D eigenvalue weighted by Crippen LogP contribution is -2.11. The van der Waals surface area contributed by atoms with E-state index in [0.29, 0.717) is 22.4 Å². The number of ether oxygens (including phenoxy) is 2. The Labute approximate surface area is 171 Å². The Bertz CT molecular complexity index is 1280. The molecule has 4 aromatic rings. The second-order valence-electron chi connectivity index (χ2n) is 6.50. The van der Waals surface area contributed by atoms with Crippen molar-refractivity contribution in [2.24, 2.45) is 0 Å². The molecule has 2 N–H and O–H groups in total. The average molecular weight is 403 g/mol. The Hall–Kier alpha value is -4.25. The Balaban J connectivity index is 1.46. The number of para-hydroxylation sites is 2. The minimum absolute atomic E-state index is 0.0425. The fraction of sp³-hybridized carbons (Fsp3) is 0.136. The van der Waals surface area contributed by atoms with Crippen molar-refractivity contribution in [2.45, 2.75) is 6.42 Å². The molecule has 0 unspecified atom stereocenters. The summed E-state index contributed by atoms with van der Waals surface area (Å²) in [6.07, 6.45) is 1.44. The van der Waals surface area contributed by atoms with E-state index in [1.807, 2.05) is 24.3 Å². The number of carbonyl (C=O) groups excluding carboxylic acids is 1. The third-order valence-electron chi connectivity index (χ3n) is 4.59. The molecule has 0 spiro atoms. The molecule has 8 heteroatoms. The number of nitriles is 1. The number of H-pyrrole nitrogens is 1. The number of aromatic amines is 1. The van der Waals surface area contributed by atoms with E-state index in [9.17, 15) is 15.2 Å². The molecule has 0 aliphatic carbocycles. The minimum atomic E-state index is -0.568. The molecule has 2 heterocycles. The van der Waals surface area contributed by atoms with Crippen molar-refractivity contribution >= 4 is 33.5 Å². The van der Waals surface area contributed by atoms with Crippen LogP contribution in [0.25, 0.3) is 27.6 Å². The molecular formula is C22H17N3O5. The van der Waals surface area contributed by atoms with Gasteiger partial charge in [0.25, 0.3) is 0 Å². The van der Waals surface area contributed by atoms with Gasteiger partial charge in [-0.15, -0.1) is 0 Å². The molecule has 0 saturated carbocycles. The molecule has 150 valence electrons. The highest BCUT2D eigenvalue weighted by Gasteiger charge is 2.16. The van der Waals surface area contributed by atoms with Crippen molar-refractivity contribution in [3.63, 3.8) is 0 Å². The third-order valence-corrected chi connectivity index (χ3v) is 4.59. The van der Waals surface area contributed by atoms with Crippen LogP contribution in [0.15, 0.2) is 58.9 Å². The van der Waals surface area contributed by atoms with E-state index >= 15 is 0 Å². The zero-order valence-electron chi connectivity index (χ0n) is 16.0. The highest BCUT2D eigenvalue weighted by Crippen LogP contribution is 2.26. The lowest BCUT2D eigenvalue weighted by atomic mass is 10.1. The van der Waals surface area contributed by atoms with Crippen LogP contribution in [0.4, 0.5) is 0 Å². The first-order valence-corrected chi connectivity index (χ1v) is 9.06. The van der Waals surface area contributed by atoms with Gasteiger partial charge in [0.2, 0.25) is 0 Å². The molecular weight excluding hydrogens is 386 g/mol. The third kappa shape index (κ3) is 3.69. The zero-order chi connectivity index (χ0) is 21.1. The van der Waals surface area contributed by atoms with E-state index < -0.39 is 12.6 Å². The molecule has 0 aliphatic heterocycles. The summed E-state index contributed by atoms with van der Waals surface area (Å²) in [6, 6.07) is 14.4. The summed E-state index contributed by atoms with van der Waals surface area (Å²) in [7, 11) is 1.56. The minimum Gasteiger partial charge on any atom is -0.507 e. The number of hydrogen-bond donors (Lipinski definition) is 2. The summed E-state index contributed by atoms with van der Waals surface area (Å²) < 4.78 is 15.7. The summed E-state index contributed by atoms with van der Waals surface area (Å²) in [5.74, 6) is -0.0914. The quantitative estimate of drug-likeness (QED) is 0.284. The molecule has 0 atom stereocenters. The molecule has 0 bridgehead atoms. The van der Waals surface area contributed by atoms with Gasteiger partial charge in [-0.2, -0.15) is 5.26 Å². The van der Waals surface area contributed by atoms with Crippen molar-refractivity contribution in [3.8, 4) is 11.8 Å². The standard InChI is InChI=1S/C22H17N3O5/c1-28-14-6-7-15-13(11-29-20(15)9-14)8-21(27)30-12-19(26)16(10-23)22-24-17-4-2-3-5-18(17)25-22/h2-7,9,11,26H,8,12H2,1H3,(H,24,25)/b19-16-. The number of carbonyl (C=O) groups is 1. The summed E-state index contributed by atoms with van der Waals surface area (Å²) in [5.41, 5.74) is 2.55. The second-order valence-corrected chi connectivity index (χ2v) is 6.50. The Morgan fingerprint density at radius 3 is 2.90 bits per heavy atom. The van der Waals surface area contributed by atoms with E-state index in [4.69, 9.17) is 13.9 Å². The molecule has 4 rings (SSSR count). The largest absolute Gasteiger partial charge is 0.507 e. The van der Waals surface area contributed by atoms with E-state index in [1.165, 1.54) is 6.26 Å². The molecule has 30 heavy (non-hydrogen) atoms. The maximum absolute atomic E-state index is 12.2. The second kappa shape index (κ2) is 8.01. The fourth-order valence-electron chi connectivity index (χ4n) is 3.08. The van der Waals surface area contributed by atoms with Gasteiger partial charge in [-0.1, -0.05) is 12.1 Å². The van der Waals surface area contributed by atoms with Gasteiger partial charge in [0.1, 0.15) is 29.6 Å².